The molecular weight excluding hydrogens is 404 g/mol. The molecule has 0 heterocycles. The van der Waals surface area contributed by atoms with Crippen molar-refractivity contribution < 1.29 is 35.5 Å². The van der Waals surface area contributed by atoms with E-state index < -0.39 is 34.6 Å². The van der Waals surface area contributed by atoms with Crippen molar-refractivity contribution in [3.8, 4) is 5.75 Å². The van der Waals surface area contributed by atoms with Crippen LogP contribution in [0, 0.1) is 5.82 Å². The van der Waals surface area contributed by atoms with E-state index in [0.29, 0.717) is 6.42 Å². The Morgan fingerprint density at radius 2 is 1.61 bits per heavy atom. The highest BCUT2D eigenvalue weighted by Gasteiger charge is 2.31. The van der Waals surface area contributed by atoms with Gasteiger partial charge in [0.1, 0.15) is 11.6 Å². The fourth-order valence-corrected chi connectivity index (χ4v) is 3.11. The van der Waals surface area contributed by atoms with Gasteiger partial charge in [-0.2, -0.15) is 0 Å². The Hall–Kier alpha value is -2.66. The Kier molecular flexibility index (Phi) is 6.97. The number of nitrogens with one attached hydrogen (secondary N) is 2. The predicted molar refractivity (Wildman–Crippen MR) is 91.4 cm³/mol. The third-order valence-electron chi connectivity index (χ3n) is 3.44. The van der Waals surface area contributed by atoms with Crippen molar-refractivity contribution in [1.82, 2.24) is 10.0 Å². The molecule has 0 bridgehead atoms. The highest BCUT2D eigenvalue weighted by atomic mass is 32.2. The number of sulfonamides is 1. The number of carbonyl (C=O) groups is 1. The average molecular weight is 420 g/mol. The van der Waals surface area contributed by atoms with Gasteiger partial charge in [0, 0.05) is 6.54 Å². The maximum atomic E-state index is 12.8. The first-order chi connectivity index (χ1) is 13.0. The molecule has 0 aromatic heterocycles. The van der Waals surface area contributed by atoms with Crippen molar-refractivity contribution in [2.45, 2.75) is 17.7 Å². The Labute approximate surface area is 158 Å². The van der Waals surface area contributed by atoms with Crippen LogP contribution in [-0.4, -0.2) is 33.8 Å². The van der Waals surface area contributed by atoms with Crippen molar-refractivity contribution in [3.05, 3.63) is 59.9 Å². The van der Waals surface area contributed by atoms with Gasteiger partial charge in [0.05, 0.1) is 11.4 Å². The standard InChI is InChI=1S/C17H16F4N2O4S/c18-13-3-1-12(2-4-13)9-10-22-16(24)11-23-28(25,26)15-7-5-14(6-8-15)27-17(19,20)21/h1-8,23H,9-11H2,(H,22,24). The molecule has 2 rings (SSSR count). The van der Waals surface area contributed by atoms with Gasteiger partial charge in [-0.1, -0.05) is 12.1 Å². The molecule has 1 amide bonds. The summed E-state index contributed by atoms with van der Waals surface area (Å²) in [6.45, 7) is -0.331. The van der Waals surface area contributed by atoms with Crippen LogP contribution < -0.4 is 14.8 Å². The lowest BCUT2D eigenvalue weighted by atomic mass is 10.1. The molecular formula is C17H16F4N2O4S. The number of hydrogen-bond acceptors (Lipinski definition) is 4. The Balaban J connectivity index is 1.81. The van der Waals surface area contributed by atoms with E-state index in [4.69, 9.17) is 0 Å². The van der Waals surface area contributed by atoms with E-state index in [2.05, 4.69) is 10.1 Å². The van der Waals surface area contributed by atoms with Crippen LogP contribution >= 0.6 is 0 Å². The third kappa shape index (κ3) is 7.16. The molecule has 0 saturated heterocycles. The van der Waals surface area contributed by atoms with Crippen LogP contribution in [-0.2, 0) is 21.2 Å². The zero-order valence-electron chi connectivity index (χ0n) is 14.3. The number of benzene rings is 2. The fourth-order valence-electron chi connectivity index (χ4n) is 2.12. The average Bonchev–Trinajstić information content (AvgIpc) is 2.61. The molecule has 0 radical (unpaired) electrons. The van der Waals surface area contributed by atoms with Gasteiger partial charge >= 0.3 is 6.36 Å². The highest BCUT2D eigenvalue weighted by Crippen LogP contribution is 2.23. The topological polar surface area (TPSA) is 84.5 Å². The van der Waals surface area contributed by atoms with E-state index >= 15 is 0 Å². The maximum absolute atomic E-state index is 12.8. The lowest BCUT2D eigenvalue weighted by Crippen LogP contribution is -2.37. The van der Waals surface area contributed by atoms with E-state index in [0.717, 1.165) is 29.8 Å². The summed E-state index contributed by atoms with van der Waals surface area (Å²) in [5.41, 5.74) is 0.795. The van der Waals surface area contributed by atoms with Crippen LogP contribution in [0.25, 0.3) is 0 Å². The van der Waals surface area contributed by atoms with Gasteiger partial charge in [-0.05, 0) is 48.4 Å². The lowest BCUT2D eigenvalue weighted by Gasteiger charge is -2.10. The second kappa shape index (κ2) is 9.02. The van der Waals surface area contributed by atoms with E-state index in [1.807, 2.05) is 4.72 Å². The molecule has 0 atom stereocenters. The minimum Gasteiger partial charge on any atom is -0.406 e. The first-order valence-electron chi connectivity index (χ1n) is 7.92. The van der Waals surface area contributed by atoms with Crippen LogP contribution in [0.3, 0.4) is 0 Å². The first kappa shape index (κ1) is 21.6. The number of carbonyl (C=O) groups excluding carboxylic acids is 1. The smallest absolute Gasteiger partial charge is 0.406 e. The van der Waals surface area contributed by atoms with E-state index in [9.17, 15) is 30.8 Å². The van der Waals surface area contributed by atoms with Gasteiger partial charge in [-0.15, -0.1) is 13.2 Å². The quantitative estimate of drug-likeness (QED) is 0.643. The van der Waals surface area contributed by atoms with Gasteiger partial charge < -0.3 is 10.1 Å². The van der Waals surface area contributed by atoms with Crippen LogP contribution in [0.4, 0.5) is 17.6 Å². The summed E-state index contributed by atoms with van der Waals surface area (Å²) < 4.78 is 78.9. The van der Waals surface area contributed by atoms with Crippen LogP contribution in [0.1, 0.15) is 5.56 Å². The van der Waals surface area contributed by atoms with Crippen molar-refractivity contribution >= 4 is 15.9 Å². The number of hydrogen-bond donors (Lipinski definition) is 2. The molecule has 0 fully saturated rings. The van der Waals surface area contributed by atoms with Crippen LogP contribution in [0.15, 0.2) is 53.4 Å². The number of alkyl halides is 3. The SMILES string of the molecule is O=C(CNS(=O)(=O)c1ccc(OC(F)(F)F)cc1)NCCc1ccc(F)cc1. The predicted octanol–water partition coefficient (Wildman–Crippen LogP) is 2.36. The molecule has 11 heteroatoms. The Morgan fingerprint density at radius 1 is 1.00 bits per heavy atom. The molecule has 0 unspecified atom stereocenters. The van der Waals surface area contributed by atoms with E-state index in [1.165, 1.54) is 12.1 Å². The summed E-state index contributed by atoms with van der Waals surface area (Å²) in [7, 11) is -4.09. The molecule has 152 valence electrons. The second-order valence-electron chi connectivity index (χ2n) is 5.57. The minimum absolute atomic E-state index is 0.218. The molecule has 2 aromatic rings. The van der Waals surface area contributed by atoms with Crippen molar-refractivity contribution in [2.75, 3.05) is 13.1 Å². The number of halogens is 4. The third-order valence-corrected chi connectivity index (χ3v) is 4.86. The maximum Gasteiger partial charge on any atom is 0.573 e. The zero-order valence-corrected chi connectivity index (χ0v) is 15.1. The summed E-state index contributed by atoms with van der Waals surface area (Å²) in [5.74, 6) is -1.53. The summed E-state index contributed by atoms with van der Waals surface area (Å²) in [5, 5.41) is 2.50. The van der Waals surface area contributed by atoms with Gasteiger partial charge in [0.25, 0.3) is 0 Å². The van der Waals surface area contributed by atoms with Gasteiger partial charge in [0.2, 0.25) is 15.9 Å². The Morgan fingerprint density at radius 3 is 2.18 bits per heavy atom. The van der Waals surface area contributed by atoms with Crippen LogP contribution in [0.2, 0.25) is 0 Å². The van der Waals surface area contributed by atoms with Crippen LogP contribution in [0.5, 0.6) is 5.75 Å². The van der Waals surface area contributed by atoms with E-state index in [-0.39, 0.29) is 17.3 Å². The number of rotatable bonds is 8. The molecule has 6 nitrogen and oxygen atoms in total. The normalized spacial score (nSPS) is 11.9. The molecule has 2 aromatic carbocycles. The summed E-state index contributed by atoms with van der Waals surface area (Å²) in [6.07, 6.45) is -4.45. The molecule has 28 heavy (non-hydrogen) atoms. The zero-order chi connectivity index (χ0) is 20.8. The first-order valence-corrected chi connectivity index (χ1v) is 9.40. The fraction of sp³-hybridized carbons (Fsp3) is 0.235. The highest BCUT2D eigenvalue weighted by molar-refractivity contribution is 7.89. The van der Waals surface area contributed by atoms with E-state index in [1.54, 1.807) is 12.1 Å². The van der Waals surface area contributed by atoms with Crippen molar-refractivity contribution in [3.63, 3.8) is 0 Å². The van der Waals surface area contributed by atoms with Crippen molar-refractivity contribution in [1.29, 1.82) is 0 Å². The Bertz CT molecular complexity index is 898. The van der Waals surface area contributed by atoms with Crippen molar-refractivity contribution in [2.24, 2.45) is 0 Å². The molecule has 0 saturated carbocycles. The van der Waals surface area contributed by atoms with Gasteiger partial charge in [0.15, 0.2) is 0 Å². The lowest BCUT2D eigenvalue weighted by molar-refractivity contribution is -0.274. The molecule has 0 aliphatic heterocycles. The second-order valence-corrected chi connectivity index (χ2v) is 7.34. The molecule has 0 aliphatic carbocycles. The molecule has 0 spiro atoms. The molecule has 2 N–H and O–H groups in total. The summed E-state index contributed by atoms with van der Waals surface area (Å²) >= 11 is 0. The number of amides is 1. The summed E-state index contributed by atoms with van der Waals surface area (Å²) in [4.78, 5) is 11.4. The van der Waals surface area contributed by atoms with Gasteiger partial charge in [-0.3, -0.25) is 4.79 Å². The molecule has 0 aliphatic rings. The minimum atomic E-state index is -4.88. The summed E-state index contributed by atoms with van der Waals surface area (Å²) in [6, 6.07) is 9.26. The monoisotopic (exact) mass is 420 g/mol. The largest absolute Gasteiger partial charge is 0.573 e. The number of ether oxygens (including phenoxy) is 1. The van der Waals surface area contributed by atoms with Gasteiger partial charge in [-0.25, -0.2) is 17.5 Å².